The lowest BCUT2D eigenvalue weighted by atomic mass is 10.0. The molecule has 2 aromatic heterocycles. The Morgan fingerprint density at radius 1 is 1.00 bits per heavy atom. The Hall–Kier alpha value is -2.98. The normalized spacial score (nSPS) is 11.1. The second-order valence-electron chi connectivity index (χ2n) is 8.09. The van der Waals surface area contributed by atoms with E-state index in [1.165, 1.54) is 24.0 Å². The van der Waals surface area contributed by atoms with E-state index >= 15 is 0 Å². The topological polar surface area (TPSA) is 42.0 Å². The summed E-state index contributed by atoms with van der Waals surface area (Å²) < 4.78 is 0. The molecule has 3 nitrogen and oxygen atoms in total. The molecule has 0 atom stereocenters. The van der Waals surface area contributed by atoms with Crippen molar-refractivity contribution < 1.29 is 4.79 Å². The molecule has 0 radical (unpaired) electrons. The average molecular weight is 429 g/mol. The van der Waals surface area contributed by atoms with Crippen LogP contribution in [0, 0.1) is 13.8 Å². The molecule has 0 fully saturated rings. The number of benzene rings is 2. The zero-order valence-electron chi connectivity index (χ0n) is 18.4. The molecule has 0 saturated carbocycles. The Kier molecular flexibility index (Phi) is 6.47. The number of carbonyl (C=O) groups excluding carboxylic acids is 1. The monoisotopic (exact) mass is 428 g/mol. The van der Waals surface area contributed by atoms with E-state index in [1.54, 1.807) is 11.3 Å². The molecule has 0 aliphatic heterocycles. The van der Waals surface area contributed by atoms with Crippen LogP contribution in [0.15, 0.2) is 60.0 Å². The SMILES string of the molecule is CCCCc1ccc(CNC(=O)c2cc(-c3cccs3)nc3cc(C)c(C)cc23)cc1. The maximum Gasteiger partial charge on any atom is 0.252 e. The lowest BCUT2D eigenvalue weighted by Crippen LogP contribution is -2.23. The molecule has 1 N–H and O–H groups in total. The number of hydrogen-bond acceptors (Lipinski definition) is 3. The zero-order valence-corrected chi connectivity index (χ0v) is 19.2. The van der Waals surface area contributed by atoms with Gasteiger partial charge in [0.25, 0.3) is 5.91 Å². The van der Waals surface area contributed by atoms with Gasteiger partial charge in [0.2, 0.25) is 0 Å². The molecular formula is C27H28N2OS. The highest BCUT2D eigenvalue weighted by atomic mass is 32.1. The molecule has 0 spiro atoms. The Balaban J connectivity index is 1.61. The molecule has 31 heavy (non-hydrogen) atoms. The first-order chi connectivity index (χ1) is 15.0. The summed E-state index contributed by atoms with van der Waals surface area (Å²) in [5, 5.41) is 6.05. The Morgan fingerprint density at radius 3 is 2.45 bits per heavy atom. The van der Waals surface area contributed by atoms with Crippen molar-refractivity contribution in [2.24, 2.45) is 0 Å². The molecule has 0 unspecified atom stereocenters. The standard InChI is InChI=1S/C27H28N2OS/c1-4-5-7-20-9-11-21(12-10-20)17-28-27(30)23-16-25(26-8-6-13-31-26)29-24-15-19(3)18(2)14-22(23)24/h6,8-16H,4-5,7,17H2,1-3H3,(H,28,30). The first-order valence-electron chi connectivity index (χ1n) is 10.9. The van der Waals surface area contributed by atoms with Gasteiger partial charge in [-0.15, -0.1) is 11.3 Å². The number of unbranched alkanes of at least 4 members (excludes halogenated alkanes) is 1. The second kappa shape index (κ2) is 9.44. The summed E-state index contributed by atoms with van der Waals surface area (Å²) in [6.45, 7) is 6.87. The van der Waals surface area contributed by atoms with Crippen molar-refractivity contribution in [1.82, 2.24) is 10.3 Å². The quantitative estimate of drug-likeness (QED) is 0.350. The van der Waals surface area contributed by atoms with Crippen molar-refractivity contribution in [3.63, 3.8) is 0 Å². The third kappa shape index (κ3) is 4.86. The zero-order chi connectivity index (χ0) is 21.8. The molecule has 0 aliphatic rings. The smallest absolute Gasteiger partial charge is 0.252 e. The minimum absolute atomic E-state index is 0.0662. The van der Waals surface area contributed by atoms with Gasteiger partial charge in [-0.3, -0.25) is 4.79 Å². The predicted octanol–water partition coefficient (Wildman–Crippen LogP) is 6.85. The summed E-state index contributed by atoms with van der Waals surface area (Å²) in [5.74, 6) is -0.0662. The van der Waals surface area contributed by atoms with Crippen LogP contribution < -0.4 is 5.32 Å². The number of hydrogen-bond donors (Lipinski definition) is 1. The fraction of sp³-hybridized carbons (Fsp3) is 0.259. The number of amides is 1. The maximum atomic E-state index is 13.2. The van der Waals surface area contributed by atoms with Crippen LogP contribution in [0.4, 0.5) is 0 Å². The molecule has 2 aromatic carbocycles. The van der Waals surface area contributed by atoms with Crippen LogP contribution in [0.3, 0.4) is 0 Å². The highest BCUT2D eigenvalue weighted by Gasteiger charge is 2.15. The summed E-state index contributed by atoms with van der Waals surface area (Å²) in [5.41, 5.74) is 7.18. The first-order valence-corrected chi connectivity index (χ1v) is 11.7. The van der Waals surface area contributed by atoms with Gasteiger partial charge in [0.05, 0.1) is 21.7 Å². The Bertz CT molecular complexity index is 1190. The van der Waals surface area contributed by atoms with Crippen molar-refractivity contribution in [3.8, 4) is 10.6 Å². The number of aryl methyl sites for hydroxylation is 3. The van der Waals surface area contributed by atoms with E-state index in [-0.39, 0.29) is 5.91 Å². The molecule has 4 heteroatoms. The van der Waals surface area contributed by atoms with E-state index in [0.717, 1.165) is 39.0 Å². The molecule has 2 heterocycles. The lowest BCUT2D eigenvalue weighted by Gasteiger charge is -2.12. The highest BCUT2D eigenvalue weighted by Crippen LogP contribution is 2.29. The van der Waals surface area contributed by atoms with E-state index in [2.05, 4.69) is 62.5 Å². The number of nitrogens with zero attached hydrogens (tertiary/aromatic N) is 1. The van der Waals surface area contributed by atoms with Gasteiger partial charge in [0, 0.05) is 11.9 Å². The summed E-state index contributed by atoms with van der Waals surface area (Å²) in [6, 6.07) is 18.7. The van der Waals surface area contributed by atoms with Crippen LogP contribution in [0.5, 0.6) is 0 Å². The van der Waals surface area contributed by atoms with Gasteiger partial charge in [-0.2, -0.15) is 0 Å². The number of nitrogens with one attached hydrogen (secondary N) is 1. The van der Waals surface area contributed by atoms with Crippen molar-refractivity contribution in [3.05, 3.63) is 87.8 Å². The number of pyridine rings is 1. The number of thiophene rings is 1. The van der Waals surface area contributed by atoms with Gasteiger partial charge >= 0.3 is 0 Å². The molecular weight excluding hydrogens is 400 g/mol. The van der Waals surface area contributed by atoms with Crippen molar-refractivity contribution >= 4 is 28.1 Å². The number of aromatic nitrogens is 1. The van der Waals surface area contributed by atoms with Gasteiger partial charge in [-0.05, 0) is 78.6 Å². The van der Waals surface area contributed by atoms with Gasteiger partial charge in [-0.1, -0.05) is 43.7 Å². The molecule has 4 aromatic rings. The maximum absolute atomic E-state index is 13.2. The van der Waals surface area contributed by atoms with Crippen LogP contribution in [-0.2, 0) is 13.0 Å². The highest BCUT2D eigenvalue weighted by molar-refractivity contribution is 7.13. The molecule has 1 amide bonds. The fourth-order valence-corrected chi connectivity index (χ4v) is 4.39. The minimum atomic E-state index is -0.0662. The predicted molar refractivity (Wildman–Crippen MR) is 131 cm³/mol. The summed E-state index contributed by atoms with van der Waals surface area (Å²) in [7, 11) is 0. The molecule has 0 saturated heterocycles. The van der Waals surface area contributed by atoms with Gasteiger partial charge < -0.3 is 5.32 Å². The van der Waals surface area contributed by atoms with Crippen molar-refractivity contribution in [2.75, 3.05) is 0 Å². The van der Waals surface area contributed by atoms with Gasteiger partial charge in [-0.25, -0.2) is 4.98 Å². The van der Waals surface area contributed by atoms with E-state index in [4.69, 9.17) is 4.98 Å². The number of carbonyl (C=O) groups is 1. The van der Waals surface area contributed by atoms with E-state index < -0.39 is 0 Å². The average Bonchev–Trinajstić information content (AvgIpc) is 3.32. The van der Waals surface area contributed by atoms with Crippen molar-refractivity contribution in [2.45, 2.75) is 46.6 Å². The second-order valence-corrected chi connectivity index (χ2v) is 9.04. The van der Waals surface area contributed by atoms with Gasteiger partial charge in [0.15, 0.2) is 0 Å². The number of rotatable bonds is 7. The molecule has 4 rings (SSSR count). The third-order valence-corrected chi connectivity index (χ3v) is 6.63. The van der Waals surface area contributed by atoms with E-state index in [0.29, 0.717) is 12.1 Å². The third-order valence-electron chi connectivity index (χ3n) is 5.74. The molecule has 0 aliphatic carbocycles. The van der Waals surface area contributed by atoms with Crippen molar-refractivity contribution in [1.29, 1.82) is 0 Å². The van der Waals surface area contributed by atoms with E-state index in [9.17, 15) is 4.79 Å². The minimum Gasteiger partial charge on any atom is -0.348 e. The molecule has 158 valence electrons. The van der Waals surface area contributed by atoms with Crippen LogP contribution >= 0.6 is 11.3 Å². The van der Waals surface area contributed by atoms with E-state index in [1.807, 2.05) is 23.6 Å². The van der Waals surface area contributed by atoms with Crippen LogP contribution in [0.1, 0.15) is 52.4 Å². The molecule has 0 bridgehead atoms. The summed E-state index contributed by atoms with van der Waals surface area (Å²) in [6.07, 6.45) is 3.51. The van der Waals surface area contributed by atoms with Crippen LogP contribution in [-0.4, -0.2) is 10.9 Å². The number of fused-ring (bicyclic) bond motifs is 1. The van der Waals surface area contributed by atoms with Gasteiger partial charge in [0.1, 0.15) is 0 Å². The first kappa shape index (κ1) is 21.3. The van der Waals surface area contributed by atoms with Crippen LogP contribution in [0.25, 0.3) is 21.5 Å². The largest absolute Gasteiger partial charge is 0.348 e. The summed E-state index contributed by atoms with van der Waals surface area (Å²) in [4.78, 5) is 19.1. The Labute approximate surface area is 188 Å². The van der Waals surface area contributed by atoms with Crippen LogP contribution in [0.2, 0.25) is 0 Å². The summed E-state index contributed by atoms with van der Waals surface area (Å²) >= 11 is 1.64. The lowest BCUT2D eigenvalue weighted by molar-refractivity contribution is 0.0952. The Morgan fingerprint density at radius 2 is 1.74 bits per heavy atom. The fourth-order valence-electron chi connectivity index (χ4n) is 3.71.